The Labute approximate surface area is 469 Å². The van der Waals surface area contributed by atoms with Crippen molar-refractivity contribution >= 4 is 19.8 Å². The molecule has 0 aliphatic rings. The van der Waals surface area contributed by atoms with Crippen LogP contribution in [0.4, 0.5) is 0 Å². The molecule has 2 unspecified atom stereocenters. The molecule has 0 aliphatic heterocycles. The van der Waals surface area contributed by atoms with Crippen molar-refractivity contribution in [2.24, 2.45) is 0 Å². The van der Waals surface area contributed by atoms with Crippen LogP contribution < -0.4 is 4.89 Å². The Hall–Kier alpha value is -2.81. The molecule has 76 heavy (non-hydrogen) atoms. The van der Waals surface area contributed by atoms with Gasteiger partial charge in [0.1, 0.15) is 19.8 Å². The Balaban J connectivity index is 4.09. The van der Waals surface area contributed by atoms with Gasteiger partial charge < -0.3 is 27.9 Å². The number of likely N-dealkylation sites (N-methyl/N-ethyl adjacent to an activating group) is 1. The highest BCUT2D eigenvalue weighted by Gasteiger charge is 2.22. The molecule has 0 heterocycles. The second-order valence-corrected chi connectivity index (χ2v) is 23.4. The quantitative estimate of drug-likeness (QED) is 0.0195. The molecule has 0 aromatic carbocycles. The molecule has 0 aliphatic carbocycles. The van der Waals surface area contributed by atoms with E-state index in [0.29, 0.717) is 17.4 Å². The van der Waals surface area contributed by atoms with Crippen LogP contribution in [0.15, 0.2) is 85.1 Å². The zero-order valence-electron chi connectivity index (χ0n) is 49.9. The summed E-state index contributed by atoms with van der Waals surface area (Å²) in [4.78, 5) is 37.9. The average molecular weight is 1080 g/mol. The fourth-order valence-electron chi connectivity index (χ4n) is 8.60. The van der Waals surface area contributed by atoms with Gasteiger partial charge in [-0.05, 0) is 89.9 Å². The fraction of sp³-hybridized carbons (Fsp3) is 0.758. The smallest absolute Gasteiger partial charge is 0.306 e. The maximum atomic E-state index is 12.8. The molecule has 0 spiro atoms. The van der Waals surface area contributed by atoms with Crippen molar-refractivity contribution in [2.75, 3.05) is 47.5 Å². The van der Waals surface area contributed by atoms with Crippen LogP contribution in [0.3, 0.4) is 0 Å². The van der Waals surface area contributed by atoms with Gasteiger partial charge in [0.05, 0.1) is 27.7 Å². The molecule has 0 saturated carbocycles. The largest absolute Gasteiger partial charge is 0.756 e. The van der Waals surface area contributed by atoms with Crippen LogP contribution in [-0.2, 0) is 32.7 Å². The van der Waals surface area contributed by atoms with E-state index in [9.17, 15) is 19.0 Å². The monoisotopic (exact) mass is 1080 g/mol. The lowest BCUT2D eigenvalue weighted by Crippen LogP contribution is -2.37. The number of quaternary nitrogens is 1. The van der Waals surface area contributed by atoms with Crippen molar-refractivity contribution in [3.63, 3.8) is 0 Å². The van der Waals surface area contributed by atoms with E-state index in [1.54, 1.807) is 0 Å². The van der Waals surface area contributed by atoms with Crippen molar-refractivity contribution < 1.29 is 42.1 Å². The Bertz CT molecular complexity index is 1560. The minimum atomic E-state index is -4.65. The molecule has 0 radical (unpaired) electrons. The molecule has 10 heteroatoms. The molecule has 9 nitrogen and oxygen atoms in total. The molecular formula is C66H118NO8P. The molecule has 0 aromatic heterocycles. The Kier molecular flexibility index (Phi) is 54.8. The molecule has 0 amide bonds. The fourth-order valence-corrected chi connectivity index (χ4v) is 9.33. The SMILES string of the molecule is CC/C=C\C/C=C\C/C=C\C/C=C\C/C=C\CCCCCCCC(=O)OC(COC(=O)CCCCCCCCCCCCCCCCCCCCC/C=C\C/C=C\CCCCCCC)COP(=O)([O-])OCC[N+](C)(C)C. The number of hydrogen-bond donors (Lipinski definition) is 0. The first-order valence-electron chi connectivity index (χ1n) is 31.3. The van der Waals surface area contributed by atoms with Gasteiger partial charge in [-0.2, -0.15) is 0 Å². The van der Waals surface area contributed by atoms with Gasteiger partial charge in [-0.15, -0.1) is 0 Å². The van der Waals surface area contributed by atoms with E-state index in [4.69, 9.17) is 18.5 Å². The number of ether oxygens (including phenoxy) is 2. The number of phosphoric ester groups is 1. The predicted octanol–water partition coefficient (Wildman–Crippen LogP) is 19.2. The first kappa shape index (κ1) is 73.2. The first-order chi connectivity index (χ1) is 37.0. The summed E-state index contributed by atoms with van der Waals surface area (Å²) < 4.78 is 34.2. The number of rotatable bonds is 57. The zero-order valence-corrected chi connectivity index (χ0v) is 50.8. The summed E-state index contributed by atoms with van der Waals surface area (Å²) in [5, 5.41) is 0. The zero-order chi connectivity index (χ0) is 55.6. The molecular weight excluding hydrogens is 966 g/mol. The summed E-state index contributed by atoms with van der Waals surface area (Å²) in [6.07, 6.45) is 76.5. The molecule has 0 bridgehead atoms. The van der Waals surface area contributed by atoms with Gasteiger partial charge in [0.25, 0.3) is 7.82 Å². The maximum absolute atomic E-state index is 12.8. The molecule has 2 atom stereocenters. The lowest BCUT2D eigenvalue weighted by Gasteiger charge is -2.28. The number of phosphoric acid groups is 1. The summed E-state index contributed by atoms with van der Waals surface area (Å²) in [5.74, 6) is -0.851. The first-order valence-corrected chi connectivity index (χ1v) is 32.8. The topological polar surface area (TPSA) is 111 Å². The van der Waals surface area contributed by atoms with Gasteiger partial charge in [0.15, 0.2) is 6.10 Å². The minimum Gasteiger partial charge on any atom is -0.756 e. The van der Waals surface area contributed by atoms with Crippen molar-refractivity contribution in [2.45, 2.75) is 277 Å². The van der Waals surface area contributed by atoms with E-state index in [0.717, 1.165) is 89.9 Å². The molecule has 0 aromatic rings. The van der Waals surface area contributed by atoms with Gasteiger partial charge in [0, 0.05) is 12.8 Å². The second-order valence-electron chi connectivity index (χ2n) is 22.0. The number of allylic oxidation sites excluding steroid dienone is 14. The Morgan fingerprint density at radius 1 is 0.421 bits per heavy atom. The van der Waals surface area contributed by atoms with Crippen LogP contribution in [0.25, 0.3) is 0 Å². The third-order valence-electron chi connectivity index (χ3n) is 13.4. The van der Waals surface area contributed by atoms with Crippen LogP contribution in [0.1, 0.15) is 271 Å². The maximum Gasteiger partial charge on any atom is 0.306 e. The standard InChI is InChI=1S/C66H118NO8P/c1-6-8-10-12-14-16-18-20-22-24-26-28-29-30-31-32-33-34-35-36-37-39-40-42-44-46-48-50-52-54-56-58-65(68)72-62-64(63-74-76(70,71)73-61-60-67(3,4)5)75-66(69)59-57-55-53-51-49-47-45-43-41-38-27-25-23-21-19-17-15-13-11-9-7-2/h9,11,15,17-18,20-21,23-24,26-27,38,43,45,64H,6-8,10,12-14,16,19,22,25,28-37,39-42,44,46-63H2,1-5H3/b11-9-,17-15-,20-18-,23-21-,26-24-,38-27-,45-43-. The van der Waals surface area contributed by atoms with Crippen molar-refractivity contribution in [3.8, 4) is 0 Å². The molecule has 0 fully saturated rings. The van der Waals surface area contributed by atoms with E-state index in [-0.39, 0.29) is 32.0 Å². The summed E-state index contributed by atoms with van der Waals surface area (Å²) in [6.45, 7) is 4.11. The third kappa shape index (κ3) is 60.4. The molecule has 0 saturated heterocycles. The van der Waals surface area contributed by atoms with Gasteiger partial charge in [0.2, 0.25) is 0 Å². The van der Waals surface area contributed by atoms with Crippen molar-refractivity contribution in [1.29, 1.82) is 0 Å². The normalized spacial score (nSPS) is 13.8. The number of hydrogen-bond acceptors (Lipinski definition) is 8. The summed E-state index contributed by atoms with van der Waals surface area (Å²) in [7, 11) is 1.15. The van der Waals surface area contributed by atoms with Gasteiger partial charge in [-0.3, -0.25) is 14.2 Å². The summed E-state index contributed by atoms with van der Waals surface area (Å²) >= 11 is 0. The molecule has 0 rings (SSSR count). The Morgan fingerprint density at radius 2 is 0.750 bits per heavy atom. The van der Waals surface area contributed by atoms with E-state index in [2.05, 4.69) is 98.9 Å². The van der Waals surface area contributed by atoms with Crippen molar-refractivity contribution in [3.05, 3.63) is 85.1 Å². The number of unbranched alkanes of at least 4 members (excludes halogenated alkanes) is 29. The number of carbonyl (C=O) groups excluding carboxylic acids is 2. The molecule has 0 N–H and O–H groups in total. The molecule has 440 valence electrons. The van der Waals surface area contributed by atoms with Crippen LogP contribution in [0.5, 0.6) is 0 Å². The van der Waals surface area contributed by atoms with Gasteiger partial charge >= 0.3 is 11.9 Å². The lowest BCUT2D eigenvalue weighted by molar-refractivity contribution is -0.870. The number of carbonyl (C=O) groups is 2. The van der Waals surface area contributed by atoms with Gasteiger partial charge in [-0.25, -0.2) is 0 Å². The van der Waals surface area contributed by atoms with Crippen LogP contribution >= 0.6 is 7.82 Å². The third-order valence-corrected chi connectivity index (χ3v) is 14.4. The van der Waals surface area contributed by atoms with Gasteiger partial charge in [-0.1, -0.05) is 253 Å². The average Bonchev–Trinajstić information content (AvgIpc) is 3.38. The number of nitrogens with zero attached hydrogens (tertiary/aromatic N) is 1. The second kappa shape index (κ2) is 56.9. The summed E-state index contributed by atoms with van der Waals surface area (Å²) in [5.41, 5.74) is 0. The van der Waals surface area contributed by atoms with Crippen LogP contribution in [0, 0.1) is 0 Å². The minimum absolute atomic E-state index is 0.0378. The highest BCUT2D eigenvalue weighted by molar-refractivity contribution is 7.45. The summed E-state index contributed by atoms with van der Waals surface area (Å²) in [6, 6.07) is 0. The van der Waals surface area contributed by atoms with Crippen LogP contribution in [-0.4, -0.2) is 70.0 Å². The highest BCUT2D eigenvalue weighted by Crippen LogP contribution is 2.38. The van der Waals surface area contributed by atoms with Crippen molar-refractivity contribution in [1.82, 2.24) is 0 Å². The lowest BCUT2D eigenvalue weighted by atomic mass is 10.0. The van der Waals surface area contributed by atoms with E-state index >= 15 is 0 Å². The van der Waals surface area contributed by atoms with E-state index < -0.39 is 26.5 Å². The van der Waals surface area contributed by atoms with E-state index in [1.807, 2.05) is 21.1 Å². The highest BCUT2D eigenvalue weighted by atomic mass is 31.2. The number of esters is 2. The van der Waals surface area contributed by atoms with E-state index in [1.165, 1.54) is 148 Å². The Morgan fingerprint density at radius 3 is 1.12 bits per heavy atom. The van der Waals surface area contributed by atoms with Crippen LogP contribution in [0.2, 0.25) is 0 Å². The predicted molar refractivity (Wildman–Crippen MR) is 323 cm³/mol.